The average molecular weight is 408 g/mol. The molecule has 0 aromatic carbocycles. The van der Waals surface area contributed by atoms with Crippen molar-refractivity contribution in [1.82, 2.24) is 10.3 Å². The Morgan fingerprint density at radius 3 is 2.41 bits per heavy atom. The molecule has 0 fully saturated rings. The number of carbonyl (C=O) groups is 2. The number of carbonyl (C=O) groups excluding carboxylic acids is 2. The molecule has 0 aliphatic rings. The van der Waals surface area contributed by atoms with E-state index in [-0.39, 0.29) is 37.1 Å². The zero-order valence-corrected chi connectivity index (χ0v) is 18.3. The van der Waals surface area contributed by atoms with Crippen LogP contribution in [-0.4, -0.2) is 44.6 Å². The van der Waals surface area contributed by atoms with Gasteiger partial charge in [-0.1, -0.05) is 41.0 Å². The van der Waals surface area contributed by atoms with E-state index in [1.165, 1.54) is 6.20 Å². The van der Waals surface area contributed by atoms with Gasteiger partial charge in [0.1, 0.15) is 5.60 Å². The quantitative estimate of drug-likeness (QED) is 0.394. The average Bonchev–Trinajstić information content (AvgIpc) is 2.69. The lowest BCUT2D eigenvalue weighted by Crippen LogP contribution is -2.44. The molecule has 1 heterocycles. The van der Waals surface area contributed by atoms with Gasteiger partial charge in [-0.3, -0.25) is 14.6 Å². The number of rotatable bonds is 12. The van der Waals surface area contributed by atoms with Crippen LogP contribution in [-0.2, 0) is 11.3 Å². The number of aromatic nitrogens is 1. The SMILES string of the molecule is CC[C@@H](O)C[C@](O)(CC(C)C)C(=O)c1ccnc(CNC(=O)[C@@H](N)[C@@H](C)CC)c1. The number of ketones is 1. The summed E-state index contributed by atoms with van der Waals surface area (Å²) in [5, 5.41) is 23.8. The molecule has 4 atom stereocenters. The van der Waals surface area contributed by atoms with Crippen molar-refractivity contribution in [2.24, 2.45) is 17.6 Å². The number of Topliss-reactive ketones (excluding diaryl/α,β-unsaturated/α-hetero) is 1. The minimum atomic E-state index is -1.65. The van der Waals surface area contributed by atoms with E-state index in [1.807, 2.05) is 34.6 Å². The molecule has 0 aliphatic heterocycles. The largest absolute Gasteiger partial charge is 0.393 e. The standard InChI is InChI=1S/C22H37N3O4/c1-6-15(5)19(23)21(28)25-13-17-10-16(8-9-24-17)20(27)22(29,11-14(3)4)12-18(26)7-2/h8-10,14-15,18-19,26,29H,6-7,11-13,23H2,1-5H3,(H,25,28)/t15-,18+,19-,22+/m0/s1. The van der Waals surface area contributed by atoms with Crippen LogP contribution in [0.1, 0.15) is 76.4 Å². The Bertz CT molecular complexity index is 680. The van der Waals surface area contributed by atoms with Crippen molar-refractivity contribution in [2.45, 2.75) is 84.6 Å². The molecule has 0 saturated carbocycles. The van der Waals surface area contributed by atoms with Crippen molar-refractivity contribution in [1.29, 1.82) is 0 Å². The molecule has 1 aromatic rings. The Morgan fingerprint density at radius 2 is 1.86 bits per heavy atom. The van der Waals surface area contributed by atoms with Gasteiger partial charge in [-0.2, -0.15) is 0 Å². The van der Waals surface area contributed by atoms with Crippen molar-refractivity contribution in [3.63, 3.8) is 0 Å². The van der Waals surface area contributed by atoms with Crippen LogP contribution in [0.15, 0.2) is 18.3 Å². The minimum Gasteiger partial charge on any atom is -0.393 e. The molecular weight excluding hydrogens is 370 g/mol. The van der Waals surface area contributed by atoms with Crippen LogP contribution in [0.2, 0.25) is 0 Å². The zero-order chi connectivity index (χ0) is 22.2. The zero-order valence-electron chi connectivity index (χ0n) is 18.3. The molecule has 0 aliphatic carbocycles. The van der Waals surface area contributed by atoms with Gasteiger partial charge in [0.2, 0.25) is 5.91 Å². The Hall–Kier alpha value is -1.83. The van der Waals surface area contributed by atoms with Gasteiger partial charge >= 0.3 is 0 Å². The second-order valence-electron chi connectivity index (χ2n) is 8.39. The summed E-state index contributed by atoms with van der Waals surface area (Å²) >= 11 is 0. The summed E-state index contributed by atoms with van der Waals surface area (Å²) in [6.07, 6.45) is 2.21. The lowest BCUT2D eigenvalue weighted by atomic mass is 9.81. The number of hydrogen-bond donors (Lipinski definition) is 4. The summed E-state index contributed by atoms with van der Waals surface area (Å²) in [5.41, 5.74) is 5.10. The normalized spacial score (nSPS) is 16.7. The molecule has 0 radical (unpaired) electrons. The first-order valence-corrected chi connectivity index (χ1v) is 10.5. The number of amides is 1. The molecule has 1 rings (SSSR count). The van der Waals surface area contributed by atoms with E-state index in [0.29, 0.717) is 17.7 Å². The van der Waals surface area contributed by atoms with Crippen LogP contribution in [0, 0.1) is 11.8 Å². The lowest BCUT2D eigenvalue weighted by molar-refractivity contribution is -0.123. The Morgan fingerprint density at radius 1 is 1.21 bits per heavy atom. The maximum absolute atomic E-state index is 13.1. The molecule has 5 N–H and O–H groups in total. The summed E-state index contributed by atoms with van der Waals surface area (Å²) < 4.78 is 0. The van der Waals surface area contributed by atoms with Crippen molar-refractivity contribution in [3.8, 4) is 0 Å². The number of nitrogens with zero attached hydrogens (tertiary/aromatic N) is 1. The van der Waals surface area contributed by atoms with Crippen LogP contribution in [0.4, 0.5) is 0 Å². The number of nitrogens with one attached hydrogen (secondary N) is 1. The Labute approximate surface area is 174 Å². The number of hydrogen-bond acceptors (Lipinski definition) is 6. The summed E-state index contributed by atoms with van der Waals surface area (Å²) in [4.78, 5) is 29.5. The molecule has 164 valence electrons. The molecule has 1 aromatic heterocycles. The van der Waals surface area contributed by atoms with Gasteiger partial charge in [-0.05, 0) is 36.8 Å². The lowest BCUT2D eigenvalue weighted by Gasteiger charge is -2.30. The molecule has 0 saturated heterocycles. The van der Waals surface area contributed by atoms with Crippen LogP contribution in [0.5, 0.6) is 0 Å². The fraction of sp³-hybridized carbons (Fsp3) is 0.682. The summed E-state index contributed by atoms with van der Waals surface area (Å²) in [7, 11) is 0. The maximum Gasteiger partial charge on any atom is 0.237 e. The van der Waals surface area contributed by atoms with E-state index in [9.17, 15) is 19.8 Å². The van der Waals surface area contributed by atoms with Gasteiger partial charge in [0.25, 0.3) is 0 Å². The second kappa shape index (κ2) is 11.4. The molecule has 7 heteroatoms. The highest BCUT2D eigenvalue weighted by Gasteiger charge is 2.38. The van der Waals surface area contributed by atoms with Gasteiger partial charge in [-0.15, -0.1) is 0 Å². The van der Waals surface area contributed by atoms with E-state index in [0.717, 1.165) is 6.42 Å². The number of pyridine rings is 1. The van der Waals surface area contributed by atoms with Crippen molar-refractivity contribution in [2.75, 3.05) is 0 Å². The highest BCUT2D eigenvalue weighted by atomic mass is 16.3. The molecule has 7 nitrogen and oxygen atoms in total. The maximum atomic E-state index is 13.1. The van der Waals surface area contributed by atoms with Crippen LogP contribution in [0.3, 0.4) is 0 Å². The van der Waals surface area contributed by atoms with Crippen molar-refractivity contribution >= 4 is 11.7 Å². The number of aliphatic hydroxyl groups excluding tert-OH is 1. The summed E-state index contributed by atoms with van der Waals surface area (Å²) in [6, 6.07) is 2.51. The van der Waals surface area contributed by atoms with E-state index in [1.54, 1.807) is 12.1 Å². The monoisotopic (exact) mass is 407 g/mol. The number of aliphatic hydroxyl groups is 2. The molecule has 0 bridgehead atoms. The van der Waals surface area contributed by atoms with Gasteiger partial charge in [0.05, 0.1) is 24.4 Å². The van der Waals surface area contributed by atoms with Gasteiger partial charge in [0, 0.05) is 18.2 Å². The summed E-state index contributed by atoms with van der Waals surface area (Å²) in [6.45, 7) is 9.69. The minimum absolute atomic E-state index is 0.0152. The van der Waals surface area contributed by atoms with E-state index in [4.69, 9.17) is 5.73 Å². The van der Waals surface area contributed by atoms with Gasteiger partial charge in [-0.25, -0.2) is 0 Å². The second-order valence-corrected chi connectivity index (χ2v) is 8.39. The molecule has 0 unspecified atom stereocenters. The third-order valence-corrected chi connectivity index (χ3v) is 5.30. The molecule has 29 heavy (non-hydrogen) atoms. The molecule has 1 amide bonds. The first-order valence-electron chi connectivity index (χ1n) is 10.5. The fourth-order valence-electron chi connectivity index (χ4n) is 3.27. The Kier molecular flexibility index (Phi) is 9.89. The van der Waals surface area contributed by atoms with E-state index in [2.05, 4.69) is 10.3 Å². The molecular formula is C22H37N3O4. The predicted octanol–water partition coefficient (Wildman–Crippen LogP) is 2.19. The van der Waals surface area contributed by atoms with E-state index < -0.39 is 23.5 Å². The van der Waals surface area contributed by atoms with Crippen LogP contribution < -0.4 is 11.1 Å². The van der Waals surface area contributed by atoms with Crippen molar-refractivity contribution < 1.29 is 19.8 Å². The van der Waals surface area contributed by atoms with Crippen LogP contribution >= 0.6 is 0 Å². The fourth-order valence-corrected chi connectivity index (χ4v) is 3.27. The molecule has 0 spiro atoms. The third kappa shape index (κ3) is 7.49. The third-order valence-electron chi connectivity index (χ3n) is 5.30. The first kappa shape index (κ1) is 25.2. The van der Waals surface area contributed by atoms with E-state index >= 15 is 0 Å². The Balaban J connectivity index is 2.95. The van der Waals surface area contributed by atoms with Gasteiger partial charge in [0.15, 0.2) is 5.78 Å². The first-order chi connectivity index (χ1) is 13.5. The van der Waals surface area contributed by atoms with Crippen molar-refractivity contribution in [3.05, 3.63) is 29.6 Å². The number of nitrogens with two attached hydrogens (primary N) is 1. The van der Waals surface area contributed by atoms with Gasteiger partial charge < -0.3 is 21.3 Å². The topological polar surface area (TPSA) is 126 Å². The highest BCUT2D eigenvalue weighted by Crippen LogP contribution is 2.28. The predicted molar refractivity (Wildman–Crippen MR) is 113 cm³/mol. The smallest absolute Gasteiger partial charge is 0.237 e. The summed E-state index contributed by atoms with van der Waals surface area (Å²) in [5.74, 6) is -0.562. The highest BCUT2D eigenvalue weighted by molar-refractivity contribution is 6.02. The van der Waals surface area contributed by atoms with Crippen LogP contribution in [0.25, 0.3) is 0 Å².